The second kappa shape index (κ2) is 8.27. The van der Waals surface area contributed by atoms with Crippen LogP contribution in [0.15, 0.2) is 23.2 Å². The monoisotopic (exact) mass is 445 g/mol. The molecule has 1 aromatic rings. The summed E-state index contributed by atoms with van der Waals surface area (Å²) in [5, 5.41) is 6.84. The van der Waals surface area contributed by atoms with E-state index in [1.165, 1.54) is 18.4 Å². The van der Waals surface area contributed by atoms with Crippen molar-refractivity contribution in [1.29, 1.82) is 0 Å². The van der Waals surface area contributed by atoms with Crippen molar-refractivity contribution in [3.8, 4) is 11.5 Å². The Kier molecular flexibility index (Phi) is 6.60. The lowest BCUT2D eigenvalue weighted by Gasteiger charge is -2.28. The van der Waals surface area contributed by atoms with E-state index in [1.54, 1.807) is 0 Å². The maximum Gasteiger partial charge on any atom is 0.191 e. The molecule has 0 radical (unpaired) electrons. The Hall–Kier alpha value is -1.18. The SMILES string of the molecule is CN=C(NCC1CC1)NCC(C)(C)c1ccc2c(c1)OCCO2.I. The predicted octanol–water partition coefficient (Wildman–Crippen LogP) is 2.93. The van der Waals surface area contributed by atoms with Crippen LogP contribution in [0.25, 0.3) is 0 Å². The van der Waals surface area contributed by atoms with Crippen LogP contribution in [0.4, 0.5) is 0 Å². The first-order valence-electron chi connectivity index (χ1n) is 8.43. The van der Waals surface area contributed by atoms with Crippen molar-refractivity contribution in [3.63, 3.8) is 0 Å². The minimum absolute atomic E-state index is 0. The third-order valence-electron chi connectivity index (χ3n) is 4.50. The molecule has 24 heavy (non-hydrogen) atoms. The number of rotatable bonds is 5. The maximum atomic E-state index is 5.70. The maximum absolute atomic E-state index is 5.70. The molecule has 6 heteroatoms. The number of nitrogens with zero attached hydrogens (tertiary/aromatic N) is 1. The molecule has 0 unspecified atom stereocenters. The summed E-state index contributed by atoms with van der Waals surface area (Å²) in [7, 11) is 1.82. The number of ether oxygens (including phenoxy) is 2. The summed E-state index contributed by atoms with van der Waals surface area (Å²) in [6.45, 7) is 7.51. The molecule has 0 saturated heterocycles. The van der Waals surface area contributed by atoms with Gasteiger partial charge >= 0.3 is 0 Å². The number of benzene rings is 1. The fourth-order valence-electron chi connectivity index (χ4n) is 2.65. The van der Waals surface area contributed by atoms with Gasteiger partial charge in [-0.15, -0.1) is 24.0 Å². The Morgan fingerprint density at radius 3 is 2.54 bits per heavy atom. The Bertz CT molecular complexity index is 586. The zero-order chi connectivity index (χ0) is 16.3. The summed E-state index contributed by atoms with van der Waals surface area (Å²) in [6.07, 6.45) is 2.68. The average molecular weight is 445 g/mol. The van der Waals surface area contributed by atoms with Crippen LogP contribution in [-0.4, -0.2) is 39.3 Å². The Morgan fingerprint density at radius 2 is 1.88 bits per heavy atom. The number of halogens is 1. The highest BCUT2D eigenvalue weighted by atomic mass is 127. The van der Waals surface area contributed by atoms with E-state index in [2.05, 4.69) is 41.6 Å². The lowest BCUT2D eigenvalue weighted by Crippen LogP contribution is -2.44. The van der Waals surface area contributed by atoms with Crippen molar-refractivity contribution >= 4 is 29.9 Å². The van der Waals surface area contributed by atoms with E-state index in [0.29, 0.717) is 13.2 Å². The summed E-state index contributed by atoms with van der Waals surface area (Å²) in [5.41, 5.74) is 1.19. The van der Waals surface area contributed by atoms with Crippen LogP contribution in [0.1, 0.15) is 32.3 Å². The first-order valence-corrected chi connectivity index (χ1v) is 8.43. The average Bonchev–Trinajstić information content (AvgIpc) is 3.39. The summed E-state index contributed by atoms with van der Waals surface area (Å²) in [5.74, 6) is 3.39. The fourth-order valence-corrected chi connectivity index (χ4v) is 2.65. The molecule has 0 spiro atoms. The second-order valence-electron chi connectivity index (χ2n) is 6.99. The third-order valence-corrected chi connectivity index (χ3v) is 4.50. The van der Waals surface area contributed by atoms with Crippen LogP contribution in [0, 0.1) is 5.92 Å². The molecule has 1 heterocycles. The molecular formula is C18H28IN3O2. The van der Waals surface area contributed by atoms with Crippen molar-refractivity contribution < 1.29 is 9.47 Å². The van der Waals surface area contributed by atoms with Gasteiger partial charge in [-0.2, -0.15) is 0 Å². The number of hydrogen-bond donors (Lipinski definition) is 2. The first kappa shape index (κ1) is 19.1. The van der Waals surface area contributed by atoms with Gasteiger partial charge in [-0.3, -0.25) is 4.99 Å². The van der Waals surface area contributed by atoms with Gasteiger partial charge in [0, 0.05) is 25.6 Å². The molecule has 3 rings (SSSR count). The zero-order valence-electron chi connectivity index (χ0n) is 14.7. The van der Waals surface area contributed by atoms with Gasteiger partial charge < -0.3 is 20.1 Å². The van der Waals surface area contributed by atoms with Crippen LogP contribution in [-0.2, 0) is 5.41 Å². The zero-order valence-corrected chi connectivity index (χ0v) is 17.1. The van der Waals surface area contributed by atoms with Gasteiger partial charge in [0.25, 0.3) is 0 Å². The standard InChI is InChI=1S/C18H27N3O2.HI/c1-18(2,12-21-17(19-3)20-11-13-4-5-13)14-6-7-15-16(10-14)23-9-8-22-15;/h6-7,10,13H,4-5,8-9,11-12H2,1-3H3,(H2,19,20,21);1H. The fraction of sp³-hybridized carbons (Fsp3) is 0.611. The van der Waals surface area contributed by atoms with E-state index >= 15 is 0 Å². The van der Waals surface area contributed by atoms with E-state index in [4.69, 9.17) is 9.47 Å². The molecule has 0 aromatic heterocycles. The molecule has 1 aliphatic carbocycles. The Labute approximate surface area is 161 Å². The summed E-state index contributed by atoms with van der Waals surface area (Å²) >= 11 is 0. The van der Waals surface area contributed by atoms with Gasteiger partial charge in [0.2, 0.25) is 0 Å². The molecule has 1 aliphatic heterocycles. The quantitative estimate of drug-likeness (QED) is 0.416. The Morgan fingerprint density at radius 1 is 1.17 bits per heavy atom. The van der Waals surface area contributed by atoms with E-state index in [-0.39, 0.29) is 29.4 Å². The third kappa shape index (κ3) is 4.91. The molecule has 2 N–H and O–H groups in total. The van der Waals surface area contributed by atoms with E-state index in [1.807, 2.05) is 13.1 Å². The number of fused-ring (bicyclic) bond motifs is 1. The number of hydrogen-bond acceptors (Lipinski definition) is 3. The highest BCUT2D eigenvalue weighted by Crippen LogP contribution is 2.34. The summed E-state index contributed by atoms with van der Waals surface area (Å²) in [6, 6.07) is 6.22. The lowest BCUT2D eigenvalue weighted by molar-refractivity contribution is 0.171. The molecule has 1 aromatic carbocycles. The van der Waals surface area contributed by atoms with Crippen LogP contribution >= 0.6 is 24.0 Å². The van der Waals surface area contributed by atoms with Gasteiger partial charge in [-0.1, -0.05) is 19.9 Å². The van der Waals surface area contributed by atoms with Crippen LogP contribution in [0.3, 0.4) is 0 Å². The summed E-state index contributed by atoms with van der Waals surface area (Å²) < 4.78 is 11.3. The molecule has 2 aliphatic rings. The highest BCUT2D eigenvalue weighted by Gasteiger charge is 2.25. The van der Waals surface area contributed by atoms with Crippen molar-refractivity contribution in [2.75, 3.05) is 33.4 Å². The molecule has 0 amide bonds. The van der Waals surface area contributed by atoms with Gasteiger partial charge in [-0.05, 0) is 36.5 Å². The smallest absolute Gasteiger partial charge is 0.191 e. The van der Waals surface area contributed by atoms with Crippen LogP contribution < -0.4 is 20.1 Å². The number of nitrogens with one attached hydrogen (secondary N) is 2. The minimum atomic E-state index is -0.0347. The normalized spacial score (nSPS) is 17.0. The topological polar surface area (TPSA) is 54.9 Å². The van der Waals surface area contributed by atoms with Crippen molar-refractivity contribution in [2.24, 2.45) is 10.9 Å². The van der Waals surface area contributed by atoms with Crippen molar-refractivity contribution in [2.45, 2.75) is 32.1 Å². The van der Waals surface area contributed by atoms with E-state index < -0.39 is 0 Å². The van der Waals surface area contributed by atoms with Crippen molar-refractivity contribution in [1.82, 2.24) is 10.6 Å². The predicted molar refractivity (Wildman–Crippen MR) is 108 cm³/mol. The van der Waals surface area contributed by atoms with Crippen LogP contribution in [0.5, 0.6) is 11.5 Å². The number of guanidine groups is 1. The van der Waals surface area contributed by atoms with Gasteiger partial charge in [0.15, 0.2) is 17.5 Å². The molecule has 1 fully saturated rings. The number of aliphatic imine (C=N–C) groups is 1. The molecule has 5 nitrogen and oxygen atoms in total. The van der Waals surface area contributed by atoms with E-state index in [9.17, 15) is 0 Å². The molecule has 134 valence electrons. The molecule has 1 saturated carbocycles. The van der Waals surface area contributed by atoms with Gasteiger partial charge in [0.05, 0.1) is 0 Å². The van der Waals surface area contributed by atoms with Crippen LogP contribution in [0.2, 0.25) is 0 Å². The Balaban J connectivity index is 0.00000208. The van der Waals surface area contributed by atoms with E-state index in [0.717, 1.165) is 36.5 Å². The second-order valence-corrected chi connectivity index (χ2v) is 6.99. The molecular weight excluding hydrogens is 417 g/mol. The largest absolute Gasteiger partial charge is 0.486 e. The first-order chi connectivity index (χ1) is 11.1. The highest BCUT2D eigenvalue weighted by molar-refractivity contribution is 14.0. The lowest BCUT2D eigenvalue weighted by atomic mass is 9.84. The minimum Gasteiger partial charge on any atom is -0.486 e. The van der Waals surface area contributed by atoms with Gasteiger partial charge in [0.1, 0.15) is 13.2 Å². The molecule has 0 atom stereocenters. The summed E-state index contributed by atoms with van der Waals surface area (Å²) in [4.78, 5) is 4.30. The molecule has 0 bridgehead atoms. The van der Waals surface area contributed by atoms with Gasteiger partial charge in [-0.25, -0.2) is 0 Å². The van der Waals surface area contributed by atoms with Crippen molar-refractivity contribution in [3.05, 3.63) is 23.8 Å².